The molecule has 0 saturated heterocycles. The Morgan fingerprint density at radius 3 is 2.10 bits per heavy atom. The third-order valence-electron chi connectivity index (χ3n) is 6.67. The molecule has 1 aliphatic rings. The van der Waals surface area contributed by atoms with Crippen molar-refractivity contribution in [2.45, 2.75) is 118 Å². The number of halogens is 1. The van der Waals surface area contributed by atoms with Gasteiger partial charge >= 0.3 is 18.2 Å². The molecule has 10 nitrogen and oxygen atoms in total. The number of fused-ring (bicyclic) bond motifs is 1. The van der Waals surface area contributed by atoms with E-state index in [0.29, 0.717) is 6.42 Å². The Hall–Kier alpha value is -2.83. The van der Waals surface area contributed by atoms with Crippen LogP contribution in [-0.4, -0.2) is 34.8 Å². The normalized spacial score (nSPS) is 12.1. The third kappa shape index (κ3) is 10.5. The number of carbonyl (C=O) groups excluding carboxylic acids is 3. The van der Waals surface area contributed by atoms with Crippen LogP contribution >= 0.6 is 0 Å². The van der Waals surface area contributed by atoms with E-state index in [0.717, 1.165) is 73.1 Å². The molecule has 0 aliphatic carbocycles. The van der Waals surface area contributed by atoms with E-state index in [9.17, 15) is 14.4 Å². The van der Waals surface area contributed by atoms with Crippen molar-refractivity contribution in [2.24, 2.45) is 0 Å². The lowest BCUT2D eigenvalue weighted by atomic mass is 10.0. The van der Waals surface area contributed by atoms with Gasteiger partial charge in [0.1, 0.15) is 13.2 Å². The van der Waals surface area contributed by atoms with Crippen LogP contribution in [0.3, 0.4) is 0 Å². The number of unbranched alkanes of at least 4 members (excludes halogenated alkanes) is 3. The molecular weight excluding hydrogens is 639 g/mol. The molecule has 0 fully saturated rings. The maximum atomic E-state index is 12.3. The van der Waals surface area contributed by atoms with Crippen LogP contribution in [0.15, 0.2) is 24.5 Å². The summed E-state index contributed by atoms with van der Waals surface area (Å²) in [6.45, 7) is 10.7. The smallest absolute Gasteiger partial charge is 0.407 e. The summed E-state index contributed by atoms with van der Waals surface area (Å²) < 4.78 is 20.6. The van der Waals surface area contributed by atoms with E-state index in [1.807, 2.05) is 56.8 Å². The van der Waals surface area contributed by atoms with Crippen LogP contribution in [0.1, 0.15) is 90.0 Å². The Balaban J connectivity index is 0.00000588. The first-order valence-electron chi connectivity index (χ1n) is 14.4. The summed E-state index contributed by atoms with van der Waals surface area (Å²) in [5.74, 6) is -0.192. The molecule has 0 spiro atoms. The summed E-state index contributed by atoms with van der Waals surface area (Å²) in [6, 6.07) is 3.83. The fourth-order valence-electron chi connectivity index (χ4n) is 4.82. The molecule has 11 heteroatoms. The fraction of sp³-hybridized carbons (Fsp3) is 0.600. The van der Waals surface area contributed by atoms with Gasteiger partial charge in [0.05, 0.1) is 5.69 Å². The van der Waals surface area contributed by atoms with Gasteiger partial charge in [0, 0.05) is 59.6 Å². The van der Waals surface area contributed by atoms with Gasteiger partial charge in [0.15, 0.2) is 12.4 Å². The van der Waals surface area contributed by atoms with E-state index in [2.05, 4.69) is 22.1 Å². The zero-order valence-corrected chi connectivity index (χ0v) is 27.6. The van der Waals surface area contributed by atoms with Gasteiger partial charge in [0.2, 0.25) is 24.0 Å². The van der Waals surface area contributed by atoms with Gasteiger partial charge in [-0.05, 0) is 47.0 Å². The van der Waals surface area contributed by atoms with Crippen molar-refractivity contribution < 1.29 is 57.1 Å². The summed E-state index contributed by atoms with van der Waals surface area (Å²) in [6.07, 6.45) is 9.15. The Morgan fingerprint density at radius 2 is 1.51 bits per heavy atom. The molecule has 0 saturated carbocycles. The Kier molecular flexibility index (Phi) is 14.4. The fourth-order valence-corrected chi connectivity index (χ4v) is 4.82. The number of carbonyl (C=O) groups is 3. The quantitative estimate of drug-likeness (QED) is 0.103. The van der Waals surface area contributed by atoms with Gasteiger partial charge in [-0.25, -0.2) is 9.59 Å². The average molecular weight is 687 g/mol. The summed E-state index contributed by atoms with van der Waals surface area (Å²) in [5, 5.41) is 5.51. The minimum atomic E-state index is -0.501. The van der Waals surface area contributed by atoms with Crippen molar-refractivity contribution >= 4 is 18.2 Å². The number of nitrogens with one attached hydrogen (secondary N) is 2. The molecule has 0 atom stereocenters. The molecule has 1 aliphatic heterocycles. The lowest BCUT2D eigenvalue weighted by Crippen LogP contribution is -3.00. The number of amides is 2. The molecule has 3 rings (SSSR count). The van der Waals surface area contributed by atoms with Crippen molar-refractivity contribution in [1.29, 1.82) is 0 Å². The zero-order chi connectivity index (χ0) is 29.1. The van der Waals surface area contributed by atoms with E-state index in [1.54, 1.807) is 0 Å². The van der Waals surface area contributed by atoms with Gasteiger partial charge in [-0.15, -0.1) is 0 Å². The predicted molar refractivity (Wildman–Crippen MR) is 153 cm³/mol. The SMILES string of the molecule is CCCCCCC(=O)OC[n+]1ccc(-c2c(COC(=O)NC(C)C)c(COC(=O)NC(C)C)c3n2CCC3)cc1.[IH2+]. The maximum Gasteiger partial charge on any atom is 0.407 e. The second-order valence-electron chi connectivity index (χ2n) is 10.8. The first-order chi connectivity index (χ1) is 19.2. The van der Waals surface area contributed by atoms with Crippen molar-refractivity contribution in [1.82, 2.24) is 15.2 Å². The molecule has 2 amide bonds. The first kappa shape index (κ1) is 34.4. The third-order valence-corrected chi connectivity index (χ3v) is 6.67. The van der Waals surface area contributed by atoms with Crippen LogP contribution in [-0.2, 0) is 51.9 Å². The number of hydrogen-bond donors (Lipinski definition) is 2. The summed E-state index contributed by atoms with van der Waals surface area (Å²) in [7, 11) is 0. The van der Waals surface area contributed by atoms with Crippen molar-refractivity contribution in [3.63, 3.8) is 0 Å². The van der Waals surface area contributed by atoms with Crippen LogP contribution in [0.2, 0.25) is 0 Å². The average Bonchev–Trinajstić information content (AvgIpc) is 3.48. The van der Waals surface area contributed by atoms with Crippen LogP contribution < -0.4 is 39.2 Å². The van der Waals surface area contributed by atoms with Gasteiger partial charge in [-0.2, -0.15) is 4.57 Å². The Bertz CT molecular complexity index is 1150. The molecule has 0 radical (unpaired) electrons. The molecule has 2 aromatic heterocycles. The van der Waals surface area contributed by atoms with E-state index in [1.165, 1.54) is 0 Å². The Labute approximate surface area is 260 Å². The highest BCUT2D eigenvalue weighted by atomic mass is 127. The minimum absolute atomic E-state index is 0. The van der Waals surface area contributed by atoms with Gasteiger partial charge in [-0.1, -0.05) is 26.2 Å². The van der Waals surface area contributed by atoms with Crippen LogP contribution in [0.5, 0.6) is 0 Å². The van der Waals surface area contributed by atoms with Gasteiger partial charge in [-0.3, -0.25) is 4.79 Å². The number of nitrogens with zero attached hydrogens (tertiary/aromatic N) is 2. The Morgan fingerprint density at radius 1 is 0.902 bits per heavy atom. The van der Waals surface area contributed by atoms with Crippen LogP contribution in [0.4, 0.5) is 9.59 Å². The molecular formula is C30H47IN4O6+2. The summed E-state index contributed by atoms with van der Waals surface area (Å²) in [5.41, 5.74) is 4.66. The predicted octanol–water partition coefficient (Wildman–Crippen LogP) is 1.60. The zero-order valence-electron chi connectivity index (χ0n) is 25.0. The van der Waals surface area contributed by atoms with Gasteiger partial charge < -0.3 is 29.4 Å². The molecule has 41 heavy (non-hydrogen) atoms. The molecule has 0 aromatic carbocycles. The highest BCUT2D eigenvalue weighted by Gasteiger charge is 2.28. The molecule has 2 aromatic rings. The lowest BCUT2D eigenvalue weighted by Gasteiger charge is -2.14. The van der Waals surface area contributed by atoms with Crippen molar-refractivity contribution in [3.05, 3.63) is 41.3 Å². The van der Waals surface area contributed by atoms with Gasteiger partial charge in [0.25, 0.3) is 6.73 Å². The van der Waals surface area contributed by atoms with Crippen molar-refractivity contribution in [3.8, 4) is 11.3 Å². The van der Waals surface area contributed by atoms with Crippen molar-refractivity contribution in [2.75, 3.05) is 0 Å². The number of alkyl carbamates (subject to hydrolysis) is 2. The number of aromatic nitrogens is 2. The summed E-state index contributed by atoms with van der Waals surface area (Å²) >= 11 is 0. The summed E-state index contributed by atoms with van der Waals surface area (Å²) in [4.78, 5) is 36.7. The second-order valence-corrected chi connectivity index (χ2v) is 10.8. The molecule has 0 bridgehead atoms. The highest BCUT2D eigenvalue weighted by molar-refractivity contribution is 5.71. The van der Waals surface area contributed by atoms with E-state index in [4.69, 9.17) is 14.2 Å². The van der Waals surface area contributed by atoms with Crippen LogP contribution in [0.25, 0.3) is 11.3 Å². The number of pyridine rings is 1. The van der Waals surface area contributed by atoms with E-state index < -0.39 is 12.2 Å². The van der Waals surface area contributed by atoms with E-state index >= 15 is 0 Å². The topological polar surface area (TPSA) is 112 Å². The molecule has 228 valence electrons. The second kappa shape index (κ2) is 17.2. The van der Waals surface area contributed by atoms with Crippen LogP contribution in [0, 0.1) is 0 Å². The number of esters is 1. The highest BCUT2D eigenvalue weighted by Crippen LogP contribution is 2.36. The lowest BCUT2D eigenvalue weighted by molar-refractivity contribution is -0.727. The first-order valence-corrected chi connectivity index (χ1v) is 14.4. The number of ether oxygens (including phenoxy) is 3. The monoisotopic (exact) mass is 686 g/mol. The largest absolute Gasteiger partial charge is 0.445 e. The van der Waals surface area contributed by atoms with E-state index in [-0.39, 0.29) is 62.0 Å². The molecule has 0 unspecified atom stereocenters. The minimum Gasteiger partial charge on any atom is -0.445 e. The maximum absolute atomic E-state index is 12.3. The molecule has 2 N–H and O–H groups in total. The number of hydrogen-bond acceptors (Lipinski definition) is 6. The number of rotatable bonds is 14. The standard InChI is InChI=1S/C30H44N4O6.H2I/c1-6-7-8-9-12-27(35)40-20-33-16-13-23(14-17-33)28-25(19-39-30(37)32-22(4)5)24(26-11-10-15-34(26)28)18-38-29(36)31-21(2)3;/h13-14,16-17,21-22H,6-12,15,18-20H2,1-5H3,(H-,31,32,36,37);1H2/q;+1/p+1. The molecule has 3 heterocycles.